The van der Waals surface area contributed by atoms with Crippen molar-refractivity contribution < 1.29 is 0 Å². The summed E-state index contributed by atoms with van der Waals surface area (Å²) < 4.78 is 3.47. The van der Waals surface area contributed by atoms with Crippen molar-refractivity contribution in [3.8, 4) is 11.1 Å². The van der Waals surface area contributed by atoms with Gasteiger partial charge in [0, 0.05) is 0 Å². The van der Waals surface area contributed by atoms with Crippen molar-refractivity contribution in [1.82, 2.24) is 14.7 Å². The zero-order valence-electron chi connectivity index (χ0n) is 11.6. The molecule has 1 aromatic heterocycles. The van der Waals surface area contributed by atoms with Crippen molar-refractivity contribution in [2.75, 3.05) is 19.6 Å². The van der Waals surface area contributed by atoms with Crippen LogP contribution in [0.1, 0.15) is 18.9 Å². The third-order valence-electron chi connectivity index (χ3n) is 4.81. The molecule has 3 nitrogen and oxygen atoms in total. The maximum absolute atomic E-state index is 4.85. The predicted octanol–water partition coefficient (Wildman–Crippen LogP) is 1.08. The second kappa shape index (κ2) is 5.05. The van der Waals surface area contributed by atoms with E-state index in [1.165, 1.54) is 48.1 Å². The summed E-state index contributed by atoms with van der Waals surface area (Å²) in [5.41, 5.74) is 2.60. The maximum atomic E-state index is 4.85. The molecule has 1 aromatic carbocycles. The van der Waals surface area contributed by atoms with E-state index in [0.717, 1.165) is 5.92 Å². The van der Waals surface area contributed by atoms with Crippen LogP contribution in [0, 0.1) is 5.92 Å². The minimum atomic E-state index is 0.587. The van der Waals surface area contributed by atoms with Crippen LogP contribution in [-0.2, 0) is 0 Å². The van der Waals surface area contributed by atoms with Gasteiger partial charge in [-0.05, 0) is 0 Å². The van der Waals surface area contributed by atoms with E-state index < -0.39 is 0 Å². The van der Waals surface area contributed by atoms with Gasteiger partial charge in [0.15, 0.2) is 0 Å². The normalized spacial score (nSPS) is 28.8. The molecule has 2 aromatic rings. The van der Waals surface area contributed by atoms with E-state index in [1.807, 2.05) is 0 Å². The Morgan fingerprint density at radius 2 is 1.85 bits per heavy atom. The molecule has 0 N–H and O–H groups in total. The van der Waals surface area contributed by atoms with Gasteiger partial charge in [-0.25, -0.2) is 0 Å². The molecule has 3 saturated heterocycles. The number of rotatable bonds is 2. The van der Waals surface area contributed by atoms with Crippen molar-refractivity contribution >= 4 is 21.3 Å². The molecule has 0 spiro atoms. The average Bonchev–Trinajstić information content (AvgIpc) is 2.91. The summed E-state index contributed by atoms with van der Waals surface area (Å²) in [6.45, 7) is 3.76. The quantitative estimate of drug-likeness (QED) is 0.769. The summed E-state index contributed by atoms with van der Waals surface area (Å²) in [5, 5.41) is 4.85. The summed E-state index contributed by atoms with van der Waals surface area (Å²) in [6, 6.07) is 11.2. The number of piperidine rings is 3. The molecule has 0 amide bonds. The molecule has 4 heteroatoms. The van der Waals surface area contributed by atoms with Crippen LogP contribution in [0.25, 0.3) is 11.1 Å². The topological polar surface area (TPSA) is 21.1 Å². The fraction of sp³-hybridized carbons (Fsp3) is 0.438. The molecular weight excluding hydrogens is 309 g/mol. The fourth-order valence-electron chi connectivity index (χ4n) is 3.65. The minimum absolute atomic E-state index is 0.587. The molecule has 2 unspecified atom stereocenters. The Balaban J connectivity index is 1.67. The first-order chi connectivity index (χ1) is 9.81. The second-order valence-electron chi connectivity index (χ2n) is 5.98. The van der Waals surface area contributed by atoms with E-state index in [0.29, 0.717) is 6.04 Å². The zero-order valence-corrected chi connectivity index (χ0v) is 14.0. The Kier molecular flexibility index (Phi) is 3.20. The Morgan fingerprint density at radius 3 is 2.50 bits per heavy atom. The van der Waals surface area contributed by atoms with Crippen molar-refractivity contribution in [3.05, 3.63) is 36.5 Å². The van der Waals surface area contributed by atoms with Gasteiger partial charge < -0.3 is 0 Å². The molecule has 2 bridgehead atoms. The van der Waals surface area contributed by atoms with Crippen LogP contribution in [0.5, 0.6) is 0 Å². The monoisotopic (exact) mass is 329 g/mol. The predicted molar refractivity (Wildman–Crippen MR) is 84.0 cm³/mol. The van der Waals surface area contributed by atoms with Crippen molar-refractivity contribution in [3.63, 3.8) is 0 Å². The number of hydrogen-bond acceptors (Lipinski definition) is 2. The molecule has 5 rings (SSSR count). The summed E-state index contributed by atoms with van der Waals surface area (Å²) in [5.74, 6) is 0.829. The molecule has 3 aliphatic rings. The van der Waals surface area contributed by atoms with E-state index in [2.05, 4.69) is 46.1 Å². The third kappa shape index (κ3) is 2.13. The van der Waals surface area contributed by atoms with E-state index >= 15 is 0 Å². The molecule has 3 aliphatic heterocycles. The van der Waals surface area contributed by atoms with Crippen molar-refractivity contribution in [1.29, 1.82) is 0 Å². The molecule has 4 heterocycles. The Morgan fingerprint density at radius 1 is 1.10 bits per heavy atom. The molecule has 20 heavy (non-hydrogen) atoms. The number of aromatic nitrogens is 2. The average molecular weight is 329 g/mol. The first-order valence-electron chi connectivity index (χ1n) is 7.43. The van der Waals surface area contributed by atoms with Gasteiger partial charge in [0.1, 0.15) is 0 Å². The number of hydrogen-bond donors (Lipinski definition) is 0. The standard InChI is InChI=1S/C16H20AsN3/c17-16-14(12-4-2-1-3-5-12)10-20(18-16)15-11-19-8-6-13(15)7-9-19/h1-5,10,13,15H,6-9,11,17H2. The van der Waals surface area contributed by atoms with Crippen LogP contribution in [0.15, 0.2) is 36.5 Å². The Hall–Kier alpha value is -1.05. The van der Waals surface area contributed by atoms with Gasteiger partial charge in [-0.15, -0.1) is 0 Å². The third-order valence-corrected chi connectivity index (χ3v) is 5.70. The summed E-state index contributed by atoms with van der Waals surface area (Å²) in [6.07, 6.45) is 4.96. The number of nitrogens with zero attached hydrogens (tertiary/aromatic N) is 3. The van der Waals surface area contributed by atoms with Crippen LogP contribution in [0.2, 0.25) is 0 Å². The van der Waals surface area contributed by atoms with Gasteiger partial charge in [-0.3, -0.25) is 0 Å². The van der Waals surface area contributed by atoms with Gasteiger partial charge in [0.2, 0.25) is 0 Å². The first-order valence-corrected chi connectivity index (χ1v) is 8.65. The Bertz CT molecular complexity index is 599. The molecule has 104 valence electrons. The van der Waals surface area contributed by atoms with E-state index in [4.69, 9.17) is 5.10 Å². The zero-order chi connectivity index (χ0) is 13.5. The van der Waals surface area contributed by atoms with Gasteiger partial charge in [0.05, 0.1) is 0 Å². The molecular formula is C16H20AsN3. The summed E-state index contributed by atoms with van der Waals surface area (Å²) in [7, 11) is 0. The first kappa shape index (κ1) is 12.7. The van der Waals surface area contributed by atoms with Crippen LogP contribution < -0.4 is 4.48 Å². The summed E-state index contributed by atoms with van der Waals surface area (Å²) >= 11 is 1.62. The van der Waals surface area contributed by atoms with Gasteiger partial charge in [-0.1, -0.05) is 0 Å². The van der Waals surface area contributed by atoms with E-state index in [9.17, 15) is 0 Å². The molecule has 3 fully saturated rings. The van der Waals surface area contributed by atoms with Gasteiger partial charge in [-0.2, -0.15) is 0 Å². The van der Waals surface area contributed by atoms with Crippen molar-refractivity contribution in [2.24, 2.45) is 5.92 Å². The molecule has 0 radical (unpaired) electrons. The van der Waals surface area contributed by atoms with Crippen LogP contribution >= 0.6 is 0 Å². The molecule has 2 atom stereocenters. The molecule has 0 saturated carbocycles. The Labute approximate surface area is 128 Å². The second-order valence-corrected chi connectivity index (χ2v) is 7.13. The fourth-order valence-corrected chi connectivity index (χ4v) is 4.43. The van der Waals surface area contributed by atoms with Gasteiger partial charge >= 0.3 is 128 Å². The number of fused-ring (bicyclic) bond motifs is 3. The number of benzene rings is 1. The van der Waals surface area contributed by atoms with Crippen LogP contribution in [0.4, 0.5) is 0 Å². The van der Waals surface area contributed by atoms with Crippen LogP contribution in [-0.4, -0.2) is 51.2 Å². The van der Waals surface area contributed by atoms with Crippen LogP contribution in [0.3, 0.4) is 0 Å². The SMILES string of the molecule is [AsH2]c1nn(C2CN3CCC2CC3)cc1-c1ccccc1. The summed E-state index contributed by atoms with van der Waals surface area (Å²) in [4.78, 5) is 2.59. The van der Waals surface area contributed by atoms with Crippen molar-refractivity contribution in [2.45, 2.75) is 18.9 Å². The van der Waals surface area contributed by atoms with E-state index in [-0.39, 0.29) is 0 Å². The van der Waals surface area contributed by atoms with Gasteiger partial charge in [0.25, 0.3) is 0 Å². The molecule has 0 aliphatic carbocycles. The van der Waals surface area contributed by atoms with E-state index in [1.54, 1.807) is 16.9 Å².